The van der Waals surface area contributed by atoms with Gasteiger partial charge in [0.05, 0.1) is 0 Å². The molecule has 0 amide bonds. The number of carbonyl (C=O) groups is 2. The lowest BCUT2D eigenvalue weighted by Gasteiger charge is -2.00. The summed E-state index contributed by atoms with van der Waals surface area (Å²) in [7, 11) is 0. The van der Waals surface area contributed by atoms with Crippen molar-refractivity contribution in [2.45, 2.75) is 6.92 Å². The Balaban J connectivity index is 2.04. The molecule has 0 bridgehead atoms. The fourth-order valence-electron chi connectivity index (χ4n) is 1.68. The van der Waals surface area contributed by atoms with Gasteiger partial charge in [-0.15, -0.1) is 0 Å². The Bertz CT molecular complexity index is 625. The van der Waals surface area contributed by atoms with Crippen LogP contribution in [0, 0.1) is 0 Å². The minimum atomic E-state index is -0.354. The van der Waals surface area contributed by atoms with Gasteiger partial charge >= 0.3 is 5.97 Å². The van der Waals surface area contributed by atoms with E-state index in [1.807, 2.05) is 18.2 Å². The van der Waals surface area contributed by atoms with Gasteiger partial charge in [-0.2, -0.15) is 0 Å². The van der Waals surface area contributed by atoms with E-state index >= 15 is 0 Å². The van der Waals surface area contributed by atoms with Crippen LogP contribution in [0.5, 0.6) is 5.75 Å². The Hall–Kier alpha value is -2.68. The third-order valence-corrected chi connectivity index (χ3v) is 2.63. The summed E-state index contributed by atoms with van der Waals surface area (Å²) >= 11 is 0. The molecule has 100 valence electrons. The Labute approximate surface area is 117 Å². The fourth-order valence-corrected chi connectivity index (χ4v) is 1.68. The largest absolute Gasteiger partial charge is 0.427 e. The third kappa shape index (κ3) is 3.92. The maximum Gasteiger partial charge on any atom is 0.308 e. The molecule has 0 N–H and O–H groups in total. The Kier molecular flexibility index (Phi) is 4.45. The van der Waals surface area contributed by atoms with E-state index in [1.165, 1.54) is 13.0 Å². The average Bonchev–Trinajstić information content (AvgIpc) is 2.46. The van der Waals surface area contributed by atoms with E-state index in [0.717, 1.165) is 5.56 Å². The number of esters is 1. The summed E-state index contributed by atoms with van der Waals surface area (Å²) < 4.78 is 4.93. The van der Waals surface area contributed by atoms with Crippen molar-refractivity contribution in [3.05, 3.63) is 71.8 Å². The summed E-state index contributed by atoms with van der Waals surface area (Å²) in [5.74, 6) is 0.0891. The second kappa shape index (κ2) is 6.48. The highest BCUT2D eigenvalue weighted by molar-refractivity contribution is 6.06. The van der Waals surface area contributed by atoms with Gasteiger partial charge in [-0.25, -0.2) is 0 Å². The average molecular weight is 266 g/mol. The molecule has 0 saturated heterocycles. The lowest BCUT2D eigenvalue weighted by molar-refractivity contribution is -0.131. The van der Waals surface area contributed by atoms with Crippen LogP contribution in [0.4, 0.5) is 0 Å². The summed E-state index contributed by atoms with van der Waals surface area (Å²) in [5.41, 5.74) is 1.52. The first kappa shape index (κ1) is 13.7. The van der Waals surface area contributed by atoms with Crippen LogP contribution in [0.3, 0.4) is 0 Å². The third-order valence-electron chi connectivity index (χ3n) is 2.63. The Morgan fingerprint density at radius 3 is 2.20 bits per heavy atom. The van der Waals surface area contributed by atoms with Crippen LogP contribution < -0.4 is 4.74 Å². The SMILES string of the molecule is CC(=O)Oc1ccc(C=CC(=O)c2ccccc2)cc1. The molecule has 0 atom stereocenters. The Morgan fingerprint density at radius 1 is 0.950 bits per heavy atom. The maximum atomic E-state index is 11.9. The molecule has 0 aliphatic rings. The zero-order valence-corrected chi connectivity index (χ0v) is 11.1. The second-order valence-corrected chi connectivity index (χ2v) is 4.23. The number of rotatable bonds is 4. The predicted molar refractivity (Wildman–Crippen MR) is 77.6 cm³/mol. The van der Waals surface area contributed by atoms with E-state index in [9.17, 15) is 9.59 Å². The number of hydrogen-bond donors (Lipinski definition) is 0. The van der Waals surface area contributed by atoms with E-state index in [1.54, 1.807) is 42.5 Å². The zero-order chi connectivity index (χ0) is 14.4. The first-order valence-corrected chi connectivity index (χ1v) is 6.21. The van der Waals surface area contributed by atoms with E-state index in [4.69, 9.17) is 4.74 Å². The van der Waals surface area contributed by atoms with Gasteiger partial charge in [0.2, 0.25) is 0 Å². The lowest BCUT2D eigenvalue weighted by atomic mass is 10.1. The maximum absolute atomic E-state index is 11.9. The summed E-state index contributed by atoms with van der Waals surface area (Å²) in [6, 6.07) is 16.0. The van der Waals surface area contributed by atoms with Crippen molar-refractivity contribution in [3.8, 4) is 5.75 Å². The molecule has 2 aromatic rings. The van der Waals surface area contributed by atoms with Crippen molar-refractivity contribution >= 4 is 17.8 Å². The van der Waals surface area contributed by atoms with Gasteiger partial charge in [-0.05, 0) is 23.8 Å². The van der Waals surface area contributed by atoms with Crippen molar-refractivity contribution in [1.29, 1.82) is 0 Å². The number of ether oxygens (including phenoxy) is 1. The number of hydrogen-bond acceptors (Lipinski definition) is 3. The molecule has 2 rings (SSSR count). The van der Waals surface area contributed by atoms with Crippen LogP contribution in [0.2, 0.25) is 0 Å². The van der Waals surface area contributed by atoms with Crippen LogP contribution in [-0.4, -0.2) is 11.8 Å². The van der Waals surface area contributed by atoms with Gasteiger partial charge in [-0.1, -0.05) is 48.5 Å². The fraction of sp³-hybridized carbons (Fsp3) is 0.0588. The van der Waals surface area contributed by atoms with E-state index in [2.05, 4.69) is 0 Å². The van der Waals surface area contributed by atoms with Gasteiger partial charge < -0.3 is 4.74 Å². The van der Waals surface area contributed by atoms with Gasteiger partial charge in [0, 0.05) is 12.5 Å². The van der Waals surface area contributed by atoms with Crippen LogP contribution in [0.1, 0.15) is 22.8 Å². The van der Waals surface area contributed by atoms with Crippen LogP contribution in [0.25, 0.3) is 6.08 Å². The summed E-state index contributed by atoms with van der Waals surface area (Å²) in [5, 5.41) is 0. The molecule has 0 saturated carbocycles. The standard InChI is InChI=1S/C17H14O3/c1-13(18)20-16-10-7-14(8-11-16)9-12-17(19)15-5-3-2-4-6-15/h2-12H,1H3. The highest BCUT2D eigenvalue weighted by atomic mass is 16.5. The van der Waals surface area contributed by atoms with Gasteiger partial charge in [0.1, 0.15) is 5.75 Å². The minimum absolute atomic E-state index is 0.0466. The van der Waals surface area contributed by atoms with E-state index in [0.29, 0.717) is 11.3 Å². The van der Waals surface area contributed by atoms with Crippen molar-refractivity contribution in [2.24, 2.45) is 0 Å². The molecule has 0 aromatic heterocycles. The minimum Gasteiger partial charge on any atom is -0.427 e. The van der Waals surface area contributed by atoms with Crippen LogP contribution in [-0.2, 0) is 4.79 Å². The molecular formula is C17H14O3. The molecule has 20 heavy (non-hydrogen) atoms. The molecule has 0 radical (unpaired) electrons. The normalized spacial score (nSPS) is 10.4. The van der Waals surface area contributed by atoms with Crippen molar-refractivity contribution < 1.29 is 14.3 Å². The smallest absolute Gasteiger partial charge is 0.308 e. The molecule has 0 heterocycles. The van der Waals surface area contributed by atoms with Crippen molar-refractivity contribution in [1.82, 2.24) is 0 Å². The van der Waals surface area contributed by atoms with Gasteiger partial charge in [0.25, 0.3) is 0 Å². The van der Waals surface area contributed by atoms with Gasteiger partial charge in [0.15, 0.2) is 5.78 Å². The van der Waals surface area contributed by atoms with E-state index < -0.39 is 0 Å². The first-order chi connectivity index (χ1) is 9.65. The molecule has 0 aliphatic carbocycles. The summed E-state index contributed by atoms with van der Waals surface area (Å²) in [6.45, 7) is 1.35. The number of ketones is 1. The quantitative estimate of drug-likeness (QED) is 0.368. The monoisotopic (exact) mass is 266 g/mol. The highest BCUT2D eigenvalue weighted by Gasteiger charge is 2.00. The Morgan fingerprint density at radius 2 is 1.60 bits per heavy atom. The molecule has 0 spiro atoms. The molecule has 0 unspecified atom stereocenters. The molecular weight excluding hydrogens is 252 g/mol. The zero-order valence-electron chi connectivity index (χ0n) is 11.1. The number of allylic oxidation sites excluding steroid dienone is 1. The van der Waals surface area contributed by atoms with Crippen molar-refractivity contribution in [2.75, 3.05) is 0 Å². The number of benzene rings is 2. The molecule has 2 aromatic carbocycles. The summed E-state index contributed by atoms with van der Waals surface area (Å²) in [4.78, 5) is 22.7. The molecule has 0 fully saturated rings. The number of carbonyl (C=O) groups excluding carboxylic acids is 2. The predicted octanol–water partition coefficient (Wildman–Crippen LogP) is 3.51. The second-order valence-electron chi connectivity index (χ2n) is 4.23. The molecule has 3 heteroatoms. The van der Waals surface area contributed by atoms with Crippen LogP contribution >= 0.6 is 0 Å². The highest BCUT2D eigenvalue weighted by Crippen LogP contribution is 2.13. The molecule has 3 nitrogen and oxygen atoms in total. The van der Waals surface area contributed by atoms with E-state index in [-0.39, 0.29) is 11.8 Å². The summed E-state index contributed by atoms with van der Waals surface area (Å²) in [6.07, 6.45) is 3.25. The topological polar surface area (TPSA) is 43.4 Å². The van der Waals surface area contributed by atoms with Crippen LogP contribution in [0.15, 0.2) is 60.7 Å². The first-order valence-electron chi connectivity index (χ1n) is 6.21. The lowest BCUT2D eigenvalue weighted by Crippen LogP contribution is -2.00. The van der Waals surface area contributed by atoms with Gasteiger partial charge in [-0.3, -0.25) is 9.59 Å². The molecule has 0 aliphatic heterocycles. The van der Waals surface area contributed by atoms with Crippen molar-refractivity contribution in [3.63, 3.8) is 0 Å².